The first-order chi connectivity index (χ1) is 7.25. The molecule has 78 valence electrons. The standard InChI is InChI=1S/C10H10ClN3S/c1-7(9-5-12-6-15-9)14-8-2-3-13-10(11)4-8/h2-7H,1H3,(H,13,14). The summed E-state index contributed by atoms with van der Waals surface area (Å²) in [6.07, 6.45) is 3.55. The maximum absolute atomic E-state index is 5.79. The van der Waals surface area contributed by atoms with Gasteiger partial charge in [-0.2, -0.15) is 0 Å². The molecule has 0 aliphatic carbocycles. The first-order valence-electron chi connectivity index (χ1n) is 4.52. The molecule has 1 atom stereocenters. The maximum atomic E-state index is 5.79. The average Bonchev–Trinajstić information content (AvgIpc) is 2.70. The van der Waals surface area contributed by atoms with Gasteiger partial charge in [0.15, 0.2) is 0 Å². The quantitative estimate of drug-likeness (QED) is 0.835. The van der Waals surface area contributed by atoms with E-state index in [1.807, 2.05) is 17.8 Å². The van der Waals surface area contributed by atoms with Crippen LogP contribution in [-0.2, 0) is 0 Å². The van der Waals surface area contributed by atoms with Crippen LogP contribution >= 0.6 is 22.9 Å². The summed E-state index contributed by atoms with van der Waals surface area (Å²) in [7, 11) is 0. The predicted molar refractivity (Wildman–Crippen MR) is 63.4 cm³/mol. The summed E-state index contributed by atoms with van der Waals surface area (Å²) in [5.41, 5.74) is 2.79. The molecular formula is C10H10ClN3S. The molecule has 0 spiro atoms. The Bertz CT molecular complexity index is 430. The molecule has 0 saturated heterocycles. The van der Waals surface area contributed by atoms with E-state index in [1.165, 1.54) is 4.88 Å². The smallest absolute Gasteiger partial charge is 0.131 e. The van der Waals surface area contributed by atoms with E-state index in [-0.39, 0.29) is 6.04 Å². The van der Waals surface area contributed by atoms with Crippen molar-refractivity contribution in [2.24, 2.45) is 0 Å². The third-order valence-corrected chi connectivity index (χ3v) is 3.15. The number of pyridine rings is 1. The Hall–Kier alpha value is -1.13. The van der Waals surface area contributed by atoms with E-state index in [9.17, 15) is 0 Å². The highest BCUT2D eigenvalue weighted by Crippen LogP contribution is 2.22. The van der Waals surface area contributed by atoms with Crippen molar-refractivity contribution in [3.05, 3.63) is 40.1 Å². The van der Waals surface area contributed by atoms with Crippen molar-refractivity contribution in [1.82, 2.24) is 9.97 Å². The Balaban J connectivity index is 2.09. The van der Waals surface area contributed by atoms with E-state index >= 15 is 0 Å². The fraction of sp³-hybridized carbons (Fsp3) is 0.200. The van der Waals surface area contributed by atoms with Gasteiger partial charge in [0.25, 0.3) is 0 Å². The zero-order chi connectivity index (χ0) is 10.7. The lowest BCUT2D eigenvalue weighted by Crippen LogP contribution is -2.04. The highest BCUT2D eigenvalue weighted by molar-refractivity contribution is 7.09. The molecule has 0 saturated carbocycles. The van der Waals surface area contributed by atoms with Crippen molar-refractivity contribution in [1.29, 1.82) is 0 Å². The van der Waals surface area contributed by atoms with Crippen LogP contribution in [0.2, 0.25) is 5.15 Å². The third-order valence-electron chi connectivity index (χ3n) is 1.99. The first-order valence-corrected chi connectivity index (χ1v) is 5.78. The summed E-state index contributed by atoms with van der Waals surface area (Å²) in [6, 6.07) is 3.93. The van der Waals surface area contributed by atoms with Crippen LogP contribution in [0.1, 0.15) is 17.8 Å². The lowest BCUT2D eigenvalue weighted by atomic mass is 10.3. The highest BCUT2D eigenvalue weighted by Gasteiger charge is 2.06. The van der Waals surface area contributed by atoms with Crippen LogP contribution in [0.3, 0.4) is 0 Å². The van der Waals surface area contributed by atoms with Crippen LogP contribution in [0, 0.1) is 0 Å². The number of thiazole rings is 1. The molecule has 2 aromatic heterocycles. The fourth-order valence-electron chi connectivity index (χ4n) is 1.25. The van der Waals surface area contributed by atoms with E-state index < -0.39 is 0 Å². The lowest BCUT2D eigenvalue weighted by molar-refractivity contribution is 0.903. The molecule has 0 radical (unpaired) electrons. The van der Waals surface area contributed by atoms with E-state index in [2.05, 4.69) is 22.2 Å². The van der Waals surface area contributed by atoms with E-state index in [4.69, 9.17) is 11.6 Å². The van der Waals surface area contributed by atoms with Gasteiger partial charge in [-0.15, -0.1) is 11.3 Å². The normalized spacial score (nSPS) is 12.4. The SMILES string of the molecule is CC(Nc1ccnc(Cl)c1)c1cncs1. The number of nitrogens with one attached hydrogen (secondary N) is 1. The summed E-state index contributed by atoms with van der Waals surface area (Å²) >= 11 is 7.42. The molecule has 1 unspecified atom stereocenters. The molecule has 0 amide bonds. The van der Waals surface area contributed by atoms with Crippen LogP contribution in [0.25, 0.3) is 0 Å². The predicted octanol–water partition coefficient (Wildman–Crippen LogP) is 3.36. The molecule has 15 heavy (non-hydrogen) atoms. The molecule has 1 N–H and O–H groups in total. The summed E-state index contributed by atoms with van der Waals surface area (Å²) in [6.45, 7) is 2.09. The van der Waals surface area contributed by atoms with Gasteiger partial charge in [0.1, 0.15) is 5.15 Å². The number of rotatable bonds is 3. The number of anilines is 1. The number of hydrogen-bond donors (Lipinski definition) is 1. The molecule has 2 aromatic rings. The summed E-state index contributed by atoms with van der Waals surface area (Å²) in [5, 5.41) is 3.83. The second-order valence-electron chi connectivity index (χ2n) is 3.14. The zero-order valence-electron chi connectivity index (χ0n) is 8.14. The second-order valence-corrected chi connectivity index (χ2v) is 4.44. The van der Waals surface area contributed by atoms with Crippen molar-refractivity contribution in [3.8, 4) is 0 Å². The second kappa shape index (κ2) is 4.59. The molecule has 0 aliphatic rings. The fourth-order valence-corrected chi connectivity index (χ4v) is 2.05. The Morgan fingerprint density at radius 2 is 2.40 bits per heavy atom. The minimum absolute atomic E-state index is 0.232. The molecule has 5 heteroatoms. The van der Waals surface area contributed by atoms with Gasteiger partial charge in [-0.3, -0.25) is 4.98 Å². The third kappa shape index (κ3) is 2.67. The first kappa shape index (κ1) is 10.4. The molecule has 0 aliphatic heterocycles. The number of halogens is 1. The molecular weight excluding hydrogens is 230 g/mol. The summed E-state index contributed by atoms with van der Waals surface area (Å²) in [4.78, 5) is 9.17. The van der Waals surface area contributed by atoms with Gasteiger partial charge < -0.3 is 5.32 Å². The molecule has 3 nitrogen and oxygen atoms in total. The van der Waals surface area contributed by atoms with Crippen molar-refractivity contribution >= 4 is 28.6 Å². The van der Waals surface area contributed by atoms with Gasteiger partial charge in [-0.1, -0.05) is 11.6 Å². The van der Waals surface area contributed by atoms with Crippen LogP contribution in [0.4, 0.5) is 5.69 Å². The van der Waals surface area contributed by atoms with Crippen molar-refractivity contribution in [2.45, 2.75) is 13.0 Å². The monoisotopic (exact) mass is 239 g/mol. The van der Waals surface area contributed by atoms with Crippen molar-refractivity contribution in [3.63, 3.8) is 0 Å². The molecule has 0 fully saturated rings. The maximum Gasteiger partial charge on any atom is 0.131 e. The number of nitrogens with zero attached hydrogens (tertiary/aromatic N) is 2. The van der Waals surface area contributed by atoms with E-state index in [0.29, 0.717) is 5.15 Å². The van der Waals surface area contributed by atoms with E-state index in [0.717, 1.165) is 5.69 Å². The molecule has 2 rings (SSSR count). The molecule has 0 aromatic carbocycles. The van der Waals surface area contributed by atoms with Gasteiger partial charge in [0.2, 0.25) is 0 Å². The Kier molecular flexibility index (Phi) is 3.18. The van der Waals surface area contributed by atoms with Crippen molar-refractivity contribution in [2.75, 3.05) is 5.32 Å². The van der Waals surface area contributed by atoms with Crippen LogP contribution in [-0.4, -0.2) is 9.97 Å². The number of aromatic nitrogens is 2. The summed E-state index contributed by atoms with van der Waals surface area (Å²) < 4.78 is 0. The average molecular weight is 240 g/mol. The Morgan fingerprint density at radius 1 is 1.53 bits per heavy atom. The number of hydrogen-bond acceptors (Lipinski definition) is 4. The highest BCUT2D eigenvalue weighted by atomic mass is 35.5. The Morgan fingerprint density at radius 3 is 3.07 bits per heavy atom. The minimum Gasteiger partial charge on any atom is -0.378 e. The Labute approximate surface area is 97.2 Å². The van der Waals surface area contributed by atoms with Gasteiger partial charge in [0, 0.05) is 23.0 Å². The van der Waals surface area contributed by atoms with Gasteiger partial charge in [0.05, 0.1) is 11.6 Å². The van der Waals surface area contributed by atoms with Crippen molar-refractivity contribution < 1.29 is 0 Å². The van der Waals surface area contributed by atoms with Gasteiger partial charge >= 0.3 is 0 Å². The topological polar surface area (TPSA) is 37.8 Å². The van der Waals surface area contributed by atoms with Crippen LogP contribution in [0.5, 0.6) is 0 Å². The lowest BCUT2D eigenvalue weighted by Gasteiger charge is -2.12. The van der Waals surface area contributed by atoms with E-state index in [1.54, 1.807) is 23.6 Å². The van der Waals surface area contributed by atoms with Crippen LogP contribution in [0.15, 0.2) is 30.0 Å². The zero-order valence-corrected chi connectivity index (χ0v) is 9.72. The molecule has 0 bridgehead atoms. The van der Waals surface area contributed by atoms with Gasteiger partial charge in [-0.05, 0) is 19.1 Å². The molecule has 2 heterocycles. The van der Waals surface area contributed by atoms with Crippen LogP contribution < -0.4 is 5.32 Å². The van der Waals surface area contributed by atoms with Gasteiger partial charge in [-0.25, -0.2) is 4.98 Å². The minimum atomic E-state index is 0.232. The largest absolute Gasteiger partial charge is 0.378 e. The summed E-state index contributed by atoms with van der Waals surface area (Å²) in [5.74, 6) is 0.